The van der Waals surface area contributed by atoms with Gasteiger partial charge in [0.25, 0.3) is 0 Å². The molecule has 0 aromatic carbocycles. The van der Waals surface area contributed by atoms with Crippen molar-refractivity contribution < 1.29 is 14.4 Å². The van der Waals surface area contributed by atoms with Gasteiger partial charge in [-0.3, -0.25) is 19.3 Å². The Morgan fingerprint density at radius 3 is 2.45 bits per heavy atom. The normalized spacial score (nSPS) is 20.7. The lowest BCUT2D eigenvalue weighted by atomic mass is 9.95. The Morgan fingerprint density at radius 1 is 1.36 bits per heavy atom. The van der Waals surface area contributed by atoms with Gasteiger partial charge in [0.05, 0.1) is 6.04 Å². The summed E-state index contributed by atoms with van der Waals surface area (Å²) in [6.07, 6.45) is 1.82. The highest BCUT2D eigenvalue weighted by Crippen LogP contribution is 2.23. The van der Waals surface area contributed by atoms with Gasteiger partial charge in [-0.1, -0.05) is 13.3 Å². The Morgan fingerprint density at radius 2 is 1.95 bits per heavy atom. The second-order valence-corrected chi connectivity index (χ2v) is 6.02. The molecule has 1 aliphatic heterocycles. The molecule has 0 aromatic heterocycles. The number of carbonyl (C=O) groups excluding carboxylic acids is 3. The van der Waals surface area contributed by atoms with Crippen molar-refractivity contribution in [3.05, 3.63) is 11.4 Å². The monoisotopic (exact) mass is 309 g/mol. The van der Waals surface area contributed by atoms with Crippen LogP contribution in [0.25, 0.3) is 0 Å². The van der Waals surface area contributed by atoms with E-state index in [2.05, 4.69) is 5.32 Å². The van der Waals surface area contributed by atoms with Crippen LogP contribution in [-0.4, -0.2) is 54.1 Å². The SMILES string of the molecule is CCCCN1C(=O)C(C)C(=O)C(NC(=O)C(C)N(C)C)=C1C. The lowest BCUT2D eigenvalue weighted by Crippen LogP contribution is -2.49. The summed E-state index contributed by atoms with van der Waals surface area (Å²) in [6.45, 7) is 7.69. The van der Waals surface area contributed by atoms with E-state index < -0.39 is 5.92 Å². The van der Waals surface area contributed by atoms with E-state index in [0.29, 0.717) is 12.2 Å². The number of carbonyl (C=O) groups is 3. The summed E-state index contributed by atoms with van der Waals surface area (Å²) in [5, 5.41) is 2.71. The highest BCUT2D eigenvalue weighted by Gasteiger charge is 2.37. The first-order chi connectivity index (χ1) is 10.2. The number of allylic oxidation sites excluding steroid dienone is 2. The number of ketones is 1. The van der Waals surface area contributed by atoms with Crippen molar-refractivity contribution in [2.75, 3.05) is 20.6 Å². The van der Waals surface area contributed by atoms with Crippen LogP contribution in [0.4, 0.5) is 0 Å². The zero-order chi connectivity index (χ0) is 17.0. The second-order valence-electron chi connectivity index (χ2n) is 6.02. The van der Waals surface area contributed by atoms with Gasteiger partial charge >= 0.3 is 0 Å². The summed E-state index contributed by atoms with van der Waals surface area (Å²) >= 11 is 0. The molecule has 0 saturated heterocycles. The van der Waals surface area contributed by atoms with E-state index in [-0.39, 0.29) is 29.3 Å². The number of hydrogen-bond donors (Lipinski definition) is 1. The van der Waals surface area contributed by atoms with Gasteiger partial charge in [0, 0.05) is 12.2 Å². The minimum atomic E-state index is -0.745. The fourth-order valence-electron chi connectivity index (χ4n) is 2.25. The predicted molar refractivity (Wildman–Crippen MR) is 84.8 cm³/mol. The number of nitrogens with zero attached hydrogens (tertiary/aromatic N) is 2. The highest BCUT2D eigenvalue weighted by atomic mass is 16.2. The minimum Gasteiger partial charge on any atom is -0.320 e. The van der Waals surface area contributed by atoms with Crippen LogP contribution < -0.4 is 5.32 Å². The highest BCUT2D eigenvalue weighted by molar-refractivity contribution is 6.14. The molecule has 2 atom stereocenters. The molecule has 0 radical (unpaired) electrons. The van der Waals surface area contributed by atoms with E-state index in [1.54, 1.807) is 44.7 Å². The molecule has 0 saturated carbocycles. The fraction of sp³-hybridized carbons (Fsp3) is 0.688. The van der Waals surface area contributed by atoms with E-state index in [4.69, 9.17) is 0 Å². The third-order valence-corrected chi connectivity index (χ3v) is 4.18. The summed E-state index contributed by atoms with van der Waals surface area (Å²) < 4.78 is 0. The predicted octanol–water partition coefficient (Wildman–Crippen LogP) is 1.13. The van der Waals surface area contributed by atoms with E-state index in [1.807, 2.05) is 6.92 Å². The van der Waals surface area contributed by atoms with Crippen LogP contribution in [0.15, 0.2) is 11.4 Å². The van der Waals surface area contributed by atoms with Gasteiger partial charge < -0.3 is 10.2 Å². The van der Waals surface area contributed by atoms with Crippen LogP contribution in [0, 0.1) is 5.92 Å². The zero-order valence-electron chi connectivity index (χ0n) is 14.4. The fourth-order valence-corrected chi connectivity index (χ4v) is 2.25. The number of nitrogens with one attached hydrogen (secondary N) is 1. The third-order valence-electron chi connectivity index (χ3n) is 4.18. The molecule has 6 nitrogen and oxygen atoms in total. The van der Waals surface area contributed by atoms with Crippen LogP contribution in [0.3, 0.4) is 0 Å². The van der Waals surface area contributed by atoms with Gasteiger partial charge in [0.2, 0.25) is 11.8 Å². The number of Topliss-reactive ketones (excluding diaryl/α,β-unsaturated/α-hetero) is 1. The number of rotatable bonds is 6. The van der Waals surface area contributed by atoms with Crippen molar-refractivity contribution in [2.24, 2.45) is 5.92 Å². The second kappa shape index (κ2) is 7.54. The average molecular weight is 309 g/mol. The molecule has 6 heteroatoms. The van der Waals surface area contributed by atoms with Crippen molar-refractivity contribution in [3.63, 3.8) is 0 Å². The Balaban J connectivity index is 3.07. The topological polar surface area (TPSA) is 69.7 Å². The van der Waals surface area contributed by atoms with E-state index in [1.165, 1.54) is 0 Å². The molecule has 2 unspecified atom stereocenters. The van der Waals surface area contributed by atoms with Gasteiger partial charge in [0.15, 0.2) is 5.78 Å². The zero-order valence-corrected chi connectivity index (χ0v) is 14.4. The summed E-state index contributed by atoms with van der Waals surface area (Å²) in [5.41, 5.74) is 0.794. The molecular weight excluding hydrogens is 282 g/mol. The van der Waals surface area contributed by atoms with Crippen molar-refractivity contribution in [2.45, 2.75) is 46.6 Å². The largest absolute Gasteiger partial charge is 0.320 e. The van der Waals surface area contributed by atoms with Gasteiger partial charge in [-0.05, 0) is 41.3 Å². The van der Waals surface area contributed by atoms with E-state index >= 15 is 0 Å². The molecule has 0 spiro atoms. The Kier molecular flexibility index (Phi) is 6.29. The third kappa shape index (κ3) is 3.74. The van der Waals surface area contributed by atoms with Crippen molar-refractivity contribution in [3.8, 4) is 0 Å². The Bertz CT molecular complexity index is 497. The summed E-state index contributed by atoms with van der Waals surface area (Å²) in [7, 11) is 3.60. The van der Waals surface area contributed by atoms with Crippen molar-refractivity contribution in [1.29, 1.82) is 0 Å². The average Bonchev–Trinajstić information content (AvgIpc) is 2.48. The number of likely N-dealkylation sites (N-methyl/N-ethyl adjacent to an activating group) is 1. The molecule has 0 aromatic rings. The first-order valence-corrected chi connectivity index (χ1v) is 7.76. The van der Waals surface area contributed by atoms with Crippen LogP contribution >= 0.6 is 0 Å². The summed E-state index contributed by atoms with van der Waals surface area (Å²) in [6, 6.07) is -0.356. The molecule has 1 aliphatic rings. The van der Waals surface area contributed by atoms with Gasteiger partial charge in [-0.2, -0.15) is 0 Å². The maximum atomic E-state index is 12.4. The molecule has 0 aliphatic carbocycles. The Hall–Kier alpha value is -1.69. The standard InChI is InChI=1S/C16H27N3O3/c1-7-8-9-19-11(3)13(14(20)10(2)16(19)22)17-15(21)12(4)18(5)6/h10,12H,7-9H2,1-6H3,(H,17,21). The molecule has 1 N–H and O–H groups in total. The smallest absolute Gasteiger partial charge is 0.241 e. The summed E-state index contributed by atoms with van der Waals surface area (Å²) in [4.78, 5) is 40.2. The lowest BCUT2D eigenvalue weighted by Gasteiger charge is -2.33. The first-order valence-electron chi connectivity index (χ1n) is 7.76. The van der Waals surface area contributed by atoms with Crippen molar-refractivity contribution in [1.82, 2.24) is 15.1 Å². The molecular formula is C16H27N3O3. The molecule has 22 heavy (non-hydrogen) atoms. The molecule has 0 bridgehead atoms. The minimum absolute atomic E-state index is 0.186. The van der Waals surface area contributed by atoms with Gasteiger partial charge in [-0.25, -0.2) is 0 Å². The van der Waals surface area contributed by atoms with Crippen LogP contribution in [0.5, 0.6) is 0 Å². The maximum absolute atomic E-state index is 12.4. The lowest BCUT2D eigenvalue weighted by molar-refractivity contribution is -0.140. The molecule has 2 amide bonds. The van der Waals surface area contributed by atoms with Gasteiger partial charge in [0.1, 0.15) is 11.6 Å². The molecule has 124 valence electrons. The first kappa shape index (κ1) is 18.4. The van der Waals surface area contributed by atoms with Crippen LogP contribution in [0.2, 0.25) is 0 Å². The molecule has 1 heterocycles. The molecule has 1 rings (SSSR count). The maximum Gasteiger partial charge on any atom is 0.241 e. The van der Waals surface area contributed by atoms with Crippen molar-refractivity contribution >= 4 is 17.6 Å². The quantitative estimate of drug-likeness (QED) is 0.747. The number of amides is 2. The van der Waals surface area contributed by atoms with Crippen LogP contribution in [-0.2, 0) is 14.4 Å². The number of hydrogen-bond acceptors (Lipinski definition) is 4. The Labute approximate surface area is 132 Å². The molecule has 0 fully saturated rings. The van der Waals surface area contributed by atoms with Crippen LogP contribution in [0.1, 0.15) is 40.5 Å². The number of unbranched alkanes of at least 4 members (excludes halogenated alkanes) is 1. The van der Waals surface area contributed by atoms with E-state index in [9.17, 15) is 14.4 Å². The van der Waals surface area contributed by atoms with Gasteiger partial charge in [-0.15, -0.1) is 0 Å². The summed E-state index contributed by atoms with van der Waals surface area (Å²) in [5.74, 6) is -1.49. The van der Waals surface area contributed by atoms with E-state index in [0.717, 1.165) is 12.8 Å².